The monoisotopic (exact) mass is 306 g/mol. The molecule has 0 radical (unpaired) electrons. The van der Waals surface area contributed by atoms with Crippen molar-refractivity contribution in [2.45, 2.75) is 18.3 Å². The van der Waals surface area contributed by atoms with Gasteiger partial charge >= 0.3 is 5.97 Å². The fourth-order valence-corrected chi connectivity index (χ4v) is 4.32. The summed E-state index contributed by atoms with van der Waals surface area (Å²) < 4.78 is 0. The summed E-state index contributed by atoms with van der Waals surface area (Å²) in [5.41, 5.74) is 2.38. The summed E-state index contributed by atoms with van der Waals surface area (Å²) in [7, 11) is 0. The van der Waals surface area contributed by atoms with Gasteiger partial charge < -0.3 is 5.11 Å². The van der Waals surface area contributed by atoms with Crippen LogP contribution in [0.15, 0.2) is 30.5 Å². The topological polar surface area (TPSA) is 62.2 Å². The van der Waals surface area contributed by atoms with Crippen LogP contribution < -0.4 is 5.32 Å². The quantitative estimate of drug-likeness (QED) is 0.913. The second-order valence-electron chi connectivity index (χ2n) is 4.70. The van der Waals surface area contributed by atoms with Gasteiger partial charge in [-0.25, -0.2) is 4.98 Å². The van der Waals surface area contributed by atoms with Gasteiger partial charge in [0.2, 0.25) is 0 Å². The number of hydrogen-bond acceptors (Lipinski definition) is 5. The smallest absolute Gasteiger partial charge is 0.321 e. The van der Waals surface area contributed by atoms with E-state index in [1.807, 2.05) is 6.20 Å². The number of aliphatic carboxylic acids is 1. The molecule has 0 amide bonds. The number of nitrogens with zero attached hydrogens (tertiary/aromatic N) is 1. The molecule has 3 rings (SSSR count). The average Bonchev–Trinajstić information content (AvgIpc) is 3.08. The first-order valence-corrected chi connectivity index (χ1v) is 8.13. The third-order valence-corrected chi connectivity index (χ3v) is 5.64. The molecule has 20 heavy (non-hydrogen) atoms. The molecular weight excluding hydrogens is 292 g/mol. The lowest BCUT2D eigenvalue weighted by atomic mass is 10.1. The lowest BCUT2D eigenvalue weighted by Gasteiger charge is -2.06. The van der Waals surface area contributed by atoms with E-state index in [0.29, 0.717) is 5.75 Å². The van der Waals surface area contributed by atoms with Crippen LogP contribution in [0.5, 0.6) is 0 Å². The van der Waals surface area contributed by atoms with Crippen LogP contribution in [0.4, 0.5) is 0 Å². The van der Waals surface area contributed by atoms with Gasteiger partial charge in [0.05, 0.1) is 4.88 Å². The summed E-state index contributed by atoms with van der Waals surface area (Å²) in [4.78, 5) is 16.5. The first kappa shape index (κ1) is 13.6. The molecule has 1 aliphatic rings. The Labute approximate surface area is 125 Å². The van der Waals surface area contributed by atoms with Crippen molar-refractivity contribution in [2.24, 2.45) is 0 Å². The number of carboxylic acid groups (broad SMARTS) is 1. The van der Waals surface area contributed by atoms with E-state index in [4.69, 9.17) is 5.11 Å². The van der Waals surface area contributed by atoms with Gasteiger partial charge in [-0.3, -0.25) is 10.1 Å². The van der Waals surface area contributed by atoms with Crippen molar-refractivity contribution in [3.63, 3.8) is 0 Å². The minimum absolute atomic E-state index is 0.0136. The Morgan fingerprint density at radius 2 is 2.15 bits per heavy atom. The minimum atomic E-state index is -0.796. The van der Waals surface area contributed by atoms with Crippen molar-refractivity contribution in [1.29, 1.82) is 0 Å². The highest BCUT2D eigenvalue weighted by atomic mass is 32.2. The Morgan fingerprint density at radius 1 is 1.40 bits per heavy atom. The molecule has 1 fully saturated rings. The molecule has 4 nitrogen and oxygen atoms in total. The Kier molecular flexibility index (Phi) is 3.78. The van der Waals surface area contributed by atoms with Crippen LogP contribution >= 0.6 is 23.1 Å². The SMILES string of the molecule is Cc1ccc(-c2cnc(C3NC(C(=O)O)CS3)s2)cc1. The molecule has 2 N–H and O–H groups in total. The number of thiazole rings is 1. The number of aromatic nitrogens is 1. The van der Waals surface area contributed by atoms with Crippen molar-refractivity contribution < 1.29 is 9.90 Å². The van der Waals surface area contributed by atoms with Gasteiger partial charge in [-0.1, -0.05) is 29.8 Å². The predicted octanol–water partition coefficient (Wildman–Crippen LogP) is 2.91. The second kappa shape index (κ2) is 5.55. The Balaban J connectivity index is 1.77. The first-order valence-electron chi connectivity index (χ1n) is 6.27. The maximum Gasteiger partial charge on any atom is 0.321 e. The fraction of sp³-hybridized carbons (Fsp3) is 0.286. The number of aryl methyl sites for hydroxylation is 1. The van der Waals surface area contributed by atoms with E-state index in [1.165, 1.54) is 5.56 Å². The maximum atomic E-state index is 10.9. The molecule has 1 aromatic carbocycles. The van der Waals surface area contributed by atoms with Gasteiger partial charge in [-0.15, -0.1) is 23.1 Å². The number of nitrogens with one attached hydrogen (secondary N) is 1. The fourth-order valence-electron chi connectivity index (χ4n) is 2.02. The van der Waals surface area contributed by atoms with Crippen molar-refractivity contribution in [3.8, 4) is 10.4 Å². The summed E-state index contributed by atoms with van der Waals surface area (Å²) in [5, 5.41) is 13.0. The largest absolute Gasteiger partial charge is 0.480 e. The van der Waals surface area contributed by atoms with Gasteiger partial charge in [0, 0.05) is 11.9 Å². The third kappa shape index (κ3) is 2.72. The van der Waals surface area contributed by atoms with Crippen LogP contribution in [0.3, 0.4) is 0 Å². The zero-order valence-corrected chi connectivity index (χ0v) is 12.5. The summed E-state index contributed by atoms with van der Waals surface area (Å²) in [6, 6.07) is 7.86. The van der Waals surface area contributed by atoms with Gasteiger partial charge in [-0.2, -0.15) is 0 Å². The van der Waals surface area contributed by atoms with Crippen LogP contribution in [-0.4, -0.2) is 27.9 Å². The molecule has 0 aliphatic carbocycles. The molecule has 1 saturated heterocycles. The molecule has 2 unspecified atom stereocenters. The Bertz CT molecular complexity index is 624. The van der Waals surface area contributed by atoms with Gasteiger partial charge in [0.1, 0.15) is 16.4 Å². The first-order chi connectivity index (χ1) is 9.63. The zero-order chi connectivity index (χ0) is 14.1. The van der Waals surface area contributed by atoms with Crippen LogP contribution in [0.1, 0.15) is 15.9 Å². The molecule has 0 saturated carbocycles. The zero-order valence-electron chi connectivity index (χ0n) is 10.9. The van der Waals surface area contributed by atoms with Crippen molar-refractivity contribution in [3.05, 3.63) is 41.0 Å². The summed E-state index contributed by atoms with van der Waals surface area (Å²) in [5.74, 6) is -0.213. The lowest BCUT2D eigenvalue weighted by molar-refractivity contribution is -0.138. The van der Waals surface area contributed by atoms with Crippen molar-refractivity contribution in [1.82, 2.24) is 10.3 Å². The van der Waals surface area contributed by atoms with Crippen molar-refractivity contribution in [2.75, 3.05) is 5.75 Å². The maximum absolute atomic E-state index is 10.9. The summed E-state index contributed by atoms with van der Waals surface area (Å²) >= 11 is 3.21. The van der Waals surface area contributed by atoms with E-state index in [0.717, 1.165) is 15.4 Å². The highest BCUT2D eigenvalue weighted by molar-refractivity contribution is 7.99. The molecule has 2 atom stereocenters. The molecule has 0 spiro atoms. The van der Waals surface area contributed by atoms with Gasteiger partial charge in [-0.05, 0) is 12.5 Å². The highest BCUT2D eigenvalue weighted by Gasteiger charge is 2.31. The average molecular weight is 306 g/mol. The predicted molar refractivity (Wildman–Crippen MR) is 82.0 cm³/mol. The molecule has 1 aliphatic heterocycles. The molecule has 6 heteroatoms. The van der Waals surface area contributed by atoms with Crippen LogP contribution in [-0.2, 0) is 4.79 Å². The Hall–Kier alpha value is -1.37. The van der Waals surface area contributed by atoms with Crippen LogP contribution in [0, 0.1) is 6.92 Å². The van der Waals surface area contributed by atoms with E-state index in [2.05, 4.69) is 41.5 Å². The number of rotatable bonds is 3. The molecule has 104 valence electrons. The minimum Gasteiger partial charge on any atom is -0.480 e. The van der Waals surface area contributed by atoms with Crippen LogP contribution in [0.2, 0.25) is 0 Å². The summed E-state index contributed by atoms with van der Waals surface area (Å²) in [6.45, 7) is 2.06. The standard InChI is InChI=1S/C14H14N2O2S2/c1-8-2-4-9(5-3-8)11-6-15-12(20-11)13-16-10(7-19-13)14(17)18/h2-6,10,13,16H,7H2,1H3,(H,17,18). The number of benzene rings is 1. The summed E-state index contributed by atoms with van der Waals surface area (Å²) in [6.07, 6.45) is 1.86. The number of carbonyl (C=O) groups is 1. The molecular formula is C14H14N2O2S2. The van der Waals surface area contributed by atoms with Crippen molar-refractivity contribution >= 4 is 29.1 Å². The lowest BCUT2D eigenvalue weighted by Crippen LogP contribution is -2.33. The highest BCUT2D eigenvalue weighted by Crippen LogP contribution is 2.37. The van der Waals surface area contributed by atoms with Gasteiger partial charge in [0.25, 0.3) is 0 Å². The molecule has 2 aromatic rings. The molecule has 1 aromatic heterocycles. The number of carboxylic acids is 1. The van der Waals surface area contributed by atoms with Gasteiger partial charge in [0.15, 0.2) is 0 Å². The van der Waals surface area contributed by atoms with E-state index >= 15 is 0 Å². The van der Waals surface area contributed by atoms with E-state index in [1.54, 1.807) is 23.1 Å². The normalized spacial score (nSPS) is 22.1. The third-order valence-electron chi connectivity index (χ3n) is 3.16. The Morgan fingerprint density at radius 3 is 2.80 bits per heavy atom. The number of thioether (sulfide) groups is 1. The number of hydrogen-bond donors (Lipinski definition) is 2. The van der Waals surface area contributed by atoms with E-state index < -0.39 is 12.0 Å². The van der Waals surface area contributed by atoms with E-state index in [-0.39, 0.29) is 5.37 Å². The molecule has 0 bridgehead atoms. The van der Waals surface area contributed by atoms with E-state index in [9.17, 15) is 4.79 Å². The second-order valence-corrected chi connectivity index (χ2v) is 6.90. The van der Waals surface area contributed by atoms with Crippen LogP contribution in [0.25, 0.3) is 10.4 Å². The molecule has 2 heterocycles.